The molecule has 15 heavy (non-hydrogen) atoms. The first-order chi connectivity index (χ1) is 7.18. The third-order valence-corrected chi connectivity index (χ3v) is 3.32. The van der Waals surface area contributed by atoms with Crippen molar-refractivity contribution in [3.63, 3.8) is 0 Å². The monoisotopic (exact) mass is 219 g/mol. The van der Waals surface area contributed by atoms with Gasteiger partial charge in [0.05, 0.1) is 5.69 Å². The maximum absolute atomic E-state index is 9.40. The van der Waals surface area contributed by atoms with Gasteiger partial charge >= 0.3 is 0 Å². The number of hydrogen-bond donors (Lipinski definition) is 1. The van der Waals surface area contributed by atoms with E-state index in [1.807, 2.05) is 17.5 Å². The average Bonchev–Trinajstić information content (AvgIpc) is 2.67. The van der Waals surface area contributed by atoms with Gasteiger partial charge in [0.15, 0.2) is 0 Å². The summed E-state index contributed by atoms with van der Waals surface area (Å²) in [5.74, 6) is 0. The highest BCUT2D eigenvalue weighted by atomic mass is 32.1. The normalized spacial score (nSPS) is 12.7. The maximum atomic E-state index is 9.40. The van der Waals surface area contributed by atoms with Crippen molar-refractivity contribution < 1.29 is 5.11 Å². The van der Waals surface area contributed by atoms with Crippen LogP contribution in [0.5, 0.6) is 0 Å². The van der Waals surface area contributed by atoms with Crippen LogP contribution in [0.15, 0.2) is 29.6 Å². The van der Waals surface area contributed by atoms with Crippen molar-refractivity contribution in [1.82, 2.24) is 4.98 Å². The van der Waals surface area contributed by atoms with Gasteiger partial charge in [-0.15, -0.1) is 11.3 Å². The summed E-state index contributed by atoms with van der Waals surface area (Å²) in [7, 11) is 0. The standard InChI is InChI=1S/C12H13NOS/c1-8-5-3-4-6-10(8)11-7-15-12(13-11)9(2)14/h3-7,9,14H,1-2H3. The van der Waals surface area contributed by atoms with Gasteiger partial charge in [0, 0.05) is 10.9 Å². The molecule has 0 aliphatic rings. The third-order valence-electron chi connectivity index (χ3n) is 2.30. The zero-order valence-electron chi connectivity index (χ0n) is 8.77. The van der Waals surface area contributed by atoms with E-state index in [1.54, 1.807) is 6.92 Å². The van der Waals surface area contributed by atoms with Gasteiger partial charge in [0.2, 0.25) is 0 Å². The van der Waals surface area contributed by atoms with Crippen molar-refractivity contribution in [2.24, 2.45) is 0 Å². The minimum Gasteiger partial charge on any atom is -0.386 e. The predicted octanol–water partition coefficient (Wildman–Crippen LogP) is 3.17. The molecule has 0 amide bonds. The van der Waals surface area contributed by atoms with E-state index in [-0.39, 0.29) is 0 Å². The Bertz CT molecular complexity index is 462. The molecule has 0 bridgehead atoms. The Balaban J connectivity index is 2.42. The van der Waals surface area contributed by atoms with Crippen molar-refractivity contribution in [3.05, 3.63) is 40.2 Å². The molecule has 1 aromatic heterocycles. The fourth-order valence-electron chi connectivity index (χ4n) is 1.46. The smallest absolute Gasteiger partial charge is 0.122 e. The molecule has 78 valence electrons. The first-order valence-electron chi connectivity index (χ1n) is 4.88. The molecule has 2 rings (SSSR count). The minimum absolute atomic E-state index is 0.479. The van der Waals surface area contributed by atoms with Gasteiger partial charge in [0.25, 0.3) is 0 Å². The second-order valence-corrected chi connectivity index (χ2v) is 4.45. The summed E-state index contributed by atoms with van der Waals surface area (Å²) in [4.78, 5) is 4.41. The van der Waals surface area contributed by atoms with E-state index in [0.717, 1.165) is 16.3 Å². The molecule has 1 aromatic carbocycles. The quantitative estimate of drug-likeness (QED) is 0.841. The van der Waals surface area contributed by atoms with E-state index in [0.29, 0.717) is 0 Å². The van der Waals surface area contributed by atoms with E-state index >= 15 is 0 Å². The Morgan fingerprint density at radius 2 is 2.07 bits per heavy atom. The molecule has 0 fully saturated rings. The van der Waals surface area contributed by atoms with Crippen LogP contribution >= 0.6 is 11.3 Å². The van der Waals surface area contributed by atoms with Gasteiger partial charge in [-0.25, -0.2) is 4.98 Å². The summed E-state index contributed by atoms with van der Waals surface area (Å²) in [6.07, 6.45) is -0.479. The molecule has 3 heteroatoms. The molecular formula is C12H13NOS. The molecule has 2 nitrogen and oxygen atoms in total. The van der Waals surface area contributed by atoms with Crippen molar-refractivity contribution in [2.45, 2.75) is 20.0 Å². The number of aliphatic hydroxyl groups is 1. The predicted molar refractivity (Wildman–Crippen MR) is 62.9 cm³/mol. The Hall–Kier alpha value is -1.19. The molecule has 1 heterocycles. The molecule has 0 radical (unpaired) electrons. The summed E-state index contributed by atoms with van der Waals surface area (Å²) >= 11 is 1.50. The second kappa shape index (κ2) is 4.13. The molecule has 0 saturated carbocycles. The number of hydrogen-bond acceptors (Lipinski definition) is 3. The highest BCUT2D eigenvalue weighted by Gasteiger charge is 2.09. The lowest BCUT2D eigenvalue weighted by Gasteiger charge is -2.01. The van der Waals surface area contributed by atoms with E-state index in [9.17, 15) is 5.11 Å². The fourth-order valence-corrected chi connectivity index (χ4v) is 2.22. The molecule has 1 N–H and O–H groups in total. The Morgan fingerprint density at radius 3 is 2.67 bits per heavy atom. The number of rotatable bonds is 2. The number of aryl methyl sites for hydroxylation is 1. The van der Waals surface area contributed by atoms with Crippen molar-refractivity contribution >= 4 is 11.3 Å². The molecular weight excluding hydrogens is 206 g/mol. The van der Waals surface area contributed by atoms with Crippen LogP contribution in [0.25, 0.3) is 11.3 Å². The van der Waals surface area contributed by atoms with Crippen LogP contribution in [-0.4, -0.2) is 10.1 Å². The minimum atomic E-state index is -0.479. The van der Waals surface area contributed by atoms with Crippen LogP contribution in [0.2, 0.25) is 0 Å². The molecule has 0 aliphatic carbocycles. The summed E-state index contributed by atoms with van der Waals surface area (Å²) < 4.78 is 0. The van der Waals surface area contributed by atoms with Gasteiger partial charge in [0.1, 0.15) is 11.1 Å². The lowest BCUT2D eigenvalue weighted by atomic mass is 10.1. The number of aromatic nitrogens is 1. The van der Waals surface area contributed by atoms with Crippen LogP contribution in [0.1, 0.15) is 23.6 Å². The lowest BCUT2D eigenvalue weighted by Crippen LogP contribution is -1.89. The summed E-state index contributed by atoms with van der Waals surface area (Å²) in [5, 5.41) is 12.2. The van der Waals surface area contributed by atoms with Crippen LogP contribution in [0, 0.1) is 6.92 Å². The third kappa shape index (κ3) is 2.08. The molecule has 2 aromatic rings. The van der Waals surface area contributed by atoms with E-state index < -0.39 is 6.10 Å². The molecule has 0 saturated heterocycles. The fraction of sp³-hybridized carbons (Fsp3) is 0.250. The summed E-state index contributed by atoms with van der Waals surface area (Å²) in [5.41, 5.74) is 3.30. The van der Waals surface area contributed by atoms with Crippen molar-refractivity contribution in [3.8, 4) is 11.3 Å². The van der Waals surface area contributed by atoms with E-state index in [2.05, 4.69) is 24.0 Å². The Kier molecular flexibility index (Phi) is 2.84. The lowest BCUT2D eigenvalue weighted by molar-refractivity contribution is 0.199. The zero-order chi connectivity index (χ0) is 10.8. The SMILES string of the molecule is Cc1ccccc1-c1csc(C(C)O)n1. The molecule has 1 atom stereocenters. The van der Waals surface area contributed by atoms with Crippen LogP contribution in [-0.2, 0) is 0 Å². The Labute approximate surface area is 93.2 Å². The molecule has 1 unspecified atom stereocenters. The average molecular weight is 219 g/mol. The molecule has 0 spiro atoms. The largest absolute Gasteiger partial charge is 0.386 e. The number of nitrogens with zero attached hydrogens (tertiary/aromatic N) is 1. The molecule has 0 aliphatic heterocycles. The zero-order valence-corrected chi connectivity index (χ0v) is 9.58. The summed E-state index contributed by atoms with van der Waals surface area (Å²) in [6.45, 7) is 3.80. The van der Waals surface area contributed by atoms with Gasteiger partial charge < -0.3 is 5.11 Å². The van der Waals surface area contributed by atoms with E-state index in [4.69, 9.17) is 0 Å². The van der Waals surface area contributed by atoms with Gasteiger partial charge in [-0.2, -0.15) is 0 Å². The van der Waals surface area contributed by atoms with Gasteiger partial charge in [-0.05, 0) is 19.4 Å². The highest BCUT2D eigenvalue weighted by molar-refractivity contribution is 7.10. The number of thiazole rings is 1. The number of benzene rings is 1. The van der Waals surface area contributed by atoms with Crippen LogP contribution in [0.4, 0.5) is 0 Å². The Morgan fingerprint density at radius 1 is 1.33 bits per heavy atom. The topological polar surface area (TPSA) is 33.1 Å². The van der Waals surface area contributed by atoms with Crippen molar-refractivity contribution in [2.75, 3.05) is 0 Å². The van der Waals surface area contributed by atoms with E-state index in [1.165, 1.54) is 16.9 Å². The van der Waals surface area contributed by atoms with Gasteiger partial charge in [-0.3, -0.25) is 0 Å². The van der Waals surface area contributed by atoms with Crippen LogP contribution < -0.4 is 0 Å². The van der Waals surface area contributed by atoms with Gasteiger partial charge in [-0.1, -0.05) is 24.3 Å². The van der Waals surface area contributed by atoms with Crippen molar-refractivity contribution in [1.29, 1.82) is 0 Å². The first kappa shape index (κ1) is 10.3. The highest BCUT2D eigenvalue weighted by Crippen LogP contribution is 2.27. The summed E-state index contributed by atoms with van der Waals surface area (Å²) in [6, 6.07) is 8.14. The first-order valence-corrected chi connectivity index (χ1v) is 5.76. The maximum Gasteiger partial charge on any atom is 0.122 e. The number of aliphatic hydroxyl groups excluding tert-OH is 1. The van der Waals surface area contributed by atoms with Crippen LogP contribution in [0.3, 0.4) is 0 Å². The second-order valence-electron chi connectivity index (χ2n) is 3.56.